The van der Waals surface area contributed by atoms with Crippen molar-refractivity contribution in [3.63, 3.8) is 0 Å². The first-order valence-corrected chi connectivity index (χ1v) is 7.90. The summed E-state index contributed by atoms with van der Waals surface area (Å²) in [5.74, 6) is 0.519. The number of phenols is 1. The van der Waals surface area contributed by atoms with E-state index in [0.29, 0.717) is 45.5 Å². The molecule has 1 heterocycles. The Morgan fingerprint density at radius 1 is 1.39 bits per heavy atom. The molecule has 0 spiro atoms. The summed E-state index contributed by atoms with van der Waals surface area (Å²) in [5, 5.41) is 12.1. The molecule has 1 aromatic rings. The van der Waals surface area contributed by atoms with E-state index in [1.807, 2.05) is 12.1 Å². The average molecular weight is 320 g/mol. The predicted octanol–water partition coefficient (Wildman–Crippen LogP) is 0.936. The predicted molar refractivity (Wildman–Crippen MR) is 86.0 cm³/mol. The van der Waals surface area contributed by atoms with Crippen LogP contribution in [-0.2, 0) is 20.7 Å². The van der Waals surface area contributed by atoms with Crippen molar-refractivity contribution in [3.05, 3.63) is 29.8 Å². The third kappa shape index (κ3) is 5.56. The highest BCUT2D eigenvalue weighted by Gasteiger charge is 2.29. The van der Waals surface area contributed by atoms with Crippen LogP contribution < -0.4 is 5.32 Å². The van der Waals surface area contributed by atoms with Gasteiger partial charge in [-0.25, -0.2) is 0 Å². The summed E-state index contributed by atoms with van der Waals surface area (Å²) in [6.45, 7) is 2.36. The zero-order valence-electron chi connectivity index (χ0n) is 13.5. The molecular formula is C17H24N2O4. The van der Waals surface area contributed by atoms with Crippen LogP contribution in [-0.4, -0.2) is 55.2 Å². The molecule has 0 aliphatic carbocycles. The summed E-state index contributed by atoms with van der Waals surface area (Å²) in [7, 11) is 1.62. The number of hydrogen-bond donors (Lipinski definition) is 2. The molecular weight excluding hydrogens is 296 g/mol. The molecule has 126 valence electrons. The number of ether oxygens (including phenoxy) is 1. The molecule has 23 heavy (non-hydrogen) atoms. The number of hydrogen-bond acceptors (Lipinski definition) is 4. The van der Waals surface area contributed by atoms with E-state index in [2.05, 4.69) is 5.32 Å². The fourth-order valence-corrected chi connectivity index (χ4v) is 2.68. The van der Waals surface area contributed by atoms with Crippen LogP contribution in [0.5, 0.6) is 5.75 Å². The van der Waals surface area contributed by atoms with Gasteiger partial charge in [0.25, 0.3) is 0 Å². The quantitative estimate of drug-likeness (QED) is 0.747. The number of phenolic OH excluding ortho intramolecular Hbond substituents is 1. The highest BCUT2D eigenvalue weighted by atomic mass is 16.5. The number of likely N-dealkylation sites (tertiary alicyclic amines) is 1. The van der Waals surface area contributed by atoms with Crippen molar-refractivity contribution in [2.75, 3.05) is 33.4 Å². The maximum Gasteiger partial charge on any atom is 0.223 e. The third-order valence-corrected chi connectivity index (χ3v) is 4.02. The van der Waals surface area contributed by atoms with Gasteiger partial charge in [-0.2, -0.15) is 0 Å². The molecule has 0 bridgehead atoms. The van der Waals surface area contributed by atoms with Gasteiger partial charge >= 0.3 is 0 Å². The molecule has 6 nitrogen and oxygen atoms in total. The fraction of sp³-hybridized carbons (Fsp3) is 0.529. The van der Waals surface area contributed by atoms with Crippen LogP contribution in [0.3, 0.4) is 0 Å². The van der Waals surface area contributed by atoms with E-state index in [4.69, 9.17) is 4.74 Å². The standard InChI is InChI=1S/C17H24N2O4/c1-23-9-8-19-12-14(10-17(19)22)11-18-16(21)7-4-13-2-5-15(20)6-3-13/h2-3,5-6,14,20H,4,7-12H2,1H3,(H,18,21). The lowest BCUT2D eigenvalue weighted by molar-refractivity contribution is -0.128. The van der Waals surface area contributed by atoms with Gasteiger partial charge in [0.2, 0.25) is 11.8 Å². The number of carbonyl (C=O) groups excluding carboxylic acids is 2. The number of amides is 2. The van der Waals surface area contributed by atoms with Crippen molar-refractivity contribution < 1.29 is 19.4 Å². The monoisotopic (exact) mass is 320 g/mol. The van der Waals surface area contributed by atoms with E-state index < -0.39 is 0 Å². The Morgan fingerprint density at radius 2 is 2.13 bits per heavy atom. The Kier molecular flexibility index (Phi) is 6.40. The Labute approximate surface area is 136 Å². The molecule has 1 aliphatic heterocycles. The summed E-state index contributed by atoms with van der Waals surface area (Å²) >= 11 is 0. The van der Waals surface area contributed by atoms with E-state index in [1.165, 1.54) is 0 Å². The van der Waals surface area contributed by atoms with Crippen LogP contribution in [0.15, 0.2) is 24.3 Å². The van der Waals surface area contributed by atoms with Gasteiger partial charge in [0.15, 0.2) is 0 Å². The molecule has 0 aromatic heterocycles. The SMILES string of the molecule is COCCN1CC(CNC(=O)CCc2ccc(O)cc2)CC1=O. The molecule has 1 fully saturated rings. The minimum Gasteiger partial charge on any atom is -0.508 e. The van der Waals surface area contributed by atoms with E-state index in [0.717, 1.165) is 5.56 Å². The van der Waals surface area contributed by atoms with Gasteiger partial charge in [-0.15, -0.1) is 0 Å². The van der Waals surface area contributed by atoms with Crippen molar-refractivity contribution in [3.8, 4) is 5.75 Å². The minimum absolute atomic E-state index is 0.0131. The number of carbonyl (C=O) groups is 2. The third-order valence-electron chi connectivity index (χ3n) is 4.02. The summed E-state index contributed by atoms with van der Waals surface area (Å²) < 4.78 is 4.99. The lowest BCUT2D eigenvalue weighted by atomic mass is 10.1. The molecule has 0 radical (unpaired) electrons. The molecule has 6 heteroatoms. The number of nitrogens with one attached hydrogen (secondary N) is 1. The molecule has 1 atom stereocenters. The Bertz CT molecular complexity index is 530. The maximum absolute atomic E-state index is 11.9. The topological polar surface area (TPSA) is 78.9 Å². The van der Waals surface area contributed by atoms with Gasteiger partial charge in [0.05, 0.1) is 6.61 Å². The van der Waals surface area contributed by atoms with Crippen molar-refractivity contribution in [1.82, 2.24) is 10.2 Å². The second-order valence-electron chi connectivity index (χ2n) is 5.87. The van der Waals surface area contributed by atoms with Crippen molar-refractivity contribution in [2.24, 2.45) is 5.92 Å². The Balaban J connectivity index is 1.66. The summed E-state index contributed by atoms with van der Waals surface area (Å²) in [6, 6.07) is 6.86. The van der Waals surface area contributed by atoms with E-state index >= 15 is 0 Å². The number of aryl methyl sites for hydroxylation is 1. The molecule has 0 saturated carbocycles. The zero-order valence-corrected chi connectivity index (χ0v) is 13.5. The van der Waals surface area contributed by atoms with Gasteiger partial charge in [-0.05, 0) is 24.1 Å². The molecule has 2 rings (SSSR count). The molecule has 2 amide bonds. The van der Waals surface area contributed by atoms with Crippen LogP contribution in [0.2, 0.25) is 0 Å². The average Bonchev–Trinajstić information content (AvgIpc) is 2.90. The van der Waals surface area contributed by atoms with Gasteiger partial charge in [-0.3, -0.25) is 9.59 Å². The maximum atomic E-state index is 11.9. The first-order chi connectivity index (χ1) is 11.1. The van der Waals surface area contributed by atoms with Crippen LogP contribution in [0.1, 0.15) is 18.4 Å². The second kappa shape index (κ2) is 8.53. The minimum atomic E-state index is -0.0131. The van der Waals surface area contributed by atoms with E-state index in [-0.39, 0.29) is 23.5 Å². The van der Waals surface area contributed by atoms with Crippen LogP contribution in [0.4, 0.5) is 0 Å². The largest absolute Gasteiger partial charge is 0.508 e. The normalized spacial score (nSPS) is 17.5. The lowest BCUT2D eigenvalue weighted by Gasteiger charge is -2.16. The first kappa shape index (κ1) is 17.3. The van der Waals surface area contributed by atoms with Crippen LogP contribution in [0, 0.1) is 5.92 Å². The van der Waals surface area contributed by atoms with Crippen molar-refractivity contribution >= 4 is 11.8 Å². The van der Waals surface area contributed by atoms with Gasteiger partial charge < -0.3 is 20.1 Å². The van der Waals surface area contributed by atoms with Gasteiger partial charge in [-0.1, -0.05) is 12.1 Å². The van der Waals surface area contributed by atoms with Crippen molar-refractivity contribution in [1.29, 1.82) is 0 Å². The molecule has 1 saturated heterocycles. The molecule has 1 unspecified atom stereocenters. The highest BCUT2D eigenvalue weighted by molar-refractivity contribution is 5.79. The number of rotatable bonds is 8. The van der Waals surface area contributed by atoms with Gasteiger partial charge in [0, 0.05) is 45.5 Å². The van der Waals surface area contributed by atoms with Crippen LogP contribution in [0.25, 0.3) is 0 Å². The second-order valence-corrected chi connectivity index (χ2v) is 5.87. The fourth-order valence-electron chi connectivity index (χ4n) is 2.68. The van der Waals surface area contributed by atoms with Gasteiger partial charge in [0.1, 0.15) is 5.75 Å². The van der Waals surface area contributed by atoms with Crippen molar-refractivity contribution in [2.45, 2.75) is 19.3 Å². The number of benzene rings is 1. The summed E-state index contributed by atoms with van der Waals surface area (Å²) in [5.41, 5.74) is 1.01. The Hall–Kier alpha value is -2.08. The summed E-state index contributed by atoms with van der Waals surface area (Å²) in [4.78, 5) is 25.5. The van der Waals surface area contributed by atoms with E-state index in [1.54, 1.807) is 24.1 Å². The first-order valence-electron chi connectivity index (χ1n) is 7.90. The zero-order chi connectivity index (χ0) is 16.7. The van der Waals surface area contributed by atoms with E-state index in [9.17, 15) is 14.7 Å². The lowest BCUT2D eigenvalue weighted by Crippen LogP contribution is -2.32. The van der Waals surface area contributed by atoms with Crippen LogP contribution >= 0.6 is 0 Å². The summed E-state index contributed by atoms with van der Waals surface area (Å²) in [6.07, 6.45) is 1.52. The Morgan fingerprint density at radius 3 is 2.83 bits per heavy atom. The molecule has 1 aliphatic rings. The smallest absolute Gasteiger partial charge is 0.223 e. The number of aromatic hydroxyl groups is 1. The highest BCUT2D eigenvalue weighted by Crippen LogP contribution is 2.16. The molecule has 2 N–H and O–H groups in total. The number of nitrogens with zero attached hydrogens (tertiary/aromatic N) is 1. The number of methoxy groups -OCH3 is 1. The molecule has 1 aromatic carbocycles.